The number of quaternary nitrogens is 2. The lowest BCUT2D eigenvalue weighted by atomic mass is 10.0. The van der Waals surface area contributed by atoms with Crippen LogP contribution in [0.15, 0.2) is 66.7 Å². The summed E-state index contributed by atoms with van der Waals surface area (Å²) in [4.78, 5) is 15.8. The fourth-order valence-corrected chi connectivity index (χ4v) is 5.38. The van der Waals surface area contributed by atoms with Gasteiger partial charge in [0.05, 0.1) is 0 Å². The fourth-order valence-electron chi connectivity index (χ4n) is 5.38. The Morgan fingerprint density at radius 2 is 1.45 bits per heavy atom. The summed E-state index contributed by atoms with van der Waals surface area (Å²) in [7, 11) is 0. The van der Waals surface area contributed by atoms with Gasteiger partial charge in [-0.2, -0.15) is 0 Å². The topological polar surface area (TPSA) is 44.4 Å². The van der Waals surface area contributed by atoms with Gasteiger partial charge in [-0.3, -0.25) is 4.79 Å². The highest BCUT2D eigenvalue weighted by atomic mass is 16.7. The molecule has 1 fully saturated rings. The summed E-state index contributed by atoms with van der Waals surface area (Å²) in [5.74, 6) is 1.57. The summed E-state index contributed by atoms with van der Waals surface area (Å²) in [6.45, 7) is 4.91. The molecule has 31 heavy (non-hydrogen) atoms. The maximum Gasteiger partial charge on any atom is 0.231 e. The van der Waals surface area contributed by atoms with Gasteiger partial charge in [-0.1, -0.05) is 48.5 Å². The van der Waals surface area contributed by atoms with E-state index in [2.05, 4.69) is 48.5 Å². The van der Waals surface area contributed by atoms with Crippen LogP contribution in [-0.4, -0.2) is 45.3 Å². The van der Waals surface area contributed by atoms with Crippen molar-refractivity contribution >= 4 is 5.78 Å². The minimum absolute atomic E-state index is 0.174. The van der Waals surface area contributed by atoms with Crippen LogP contribution in [0.5, 0.6) is 11.5 Å². The molecule has 5 nitrogen and oxygen atoms in total. The second kappa shape index (κ2) is 7.52. The van der Waals surface area contributed by atoms with Gasteiger partial charge in [-0.25, -0.2) is 0 Å². The molecule has 0 atom stereocenters. The van der Waals surface area contributed by atoms with Gasteiger partial charge in [0.25, 0.3) is 0 Å². The fraction of sp³-hybridized carbons (Fsp3) is 0.269. The highest BCUT2D eigenvalue weighted by Crippen LogP contribution is 2.41. The summed E-state index contributed by atoms with van der Waals surface area (Å²) < 4.78 is 10.8. The van der Waals surface area contributed by atoms with Crippen molar-refractivity contribution in [3.05, 3.63) is 83.4 Å². The first-order chi connectivity index (χ1) is 15.3. The summed E-state index contributed by atoms with van der Waals surface area (Å²) in [6, 6.07) is 23.6. The lowest BCUT2D eigenvalue weighted by Gasteiger charge is -2.33. The van der Waals surface area contributed by atoms with E-state index in [1.165, 1.54) is 27.2 Å². The van der Waals surface area contributed by atoms with Gasteiger partial charge >= 0.3 is 0 Å². The van der Waals surface area contributed by atoms with Crippen LogP contribution in [0.4, 0.5) is 0 Å². The molecule has 0 aromatic heterocycles. The summed E-state index contributed by atoms with van der Waals surface area (Å²) in [5.41, 5.74) is 6.36. The van der Waals surface area contributed by atoms with Gasteiger partial charge in [0.2, 0.25) is 12.6 Å². The first-order valence-electron chi connectivity index (χ1n) is 11.1. The lowest BCUT2D eigenvalue weighted by molar-refractivity contribution is -1.02. The molecule has 2 heterocycles. The minimum atomic E-state index is 0.174. The standard InChI is InChI=1S/C26H24N2O3/c29-23(18-9-10-24-25(15-18)31-17-30-24)16-27-11-13-28(14-12-27)26-21-7-3-1-5-19(21)20-6-2-4-8-22(20)26/h1-10,15,26H,11-14,16-17H2/p+2. The predicted molar refractivity (Wildman–Crippen MR) is 117 cm³/mol. The van der Waals surface area contributed by atoms with E-state index in [9.17, 15) is 4.79 Å². The van der Waals surface area contributed by atoms with Crippen molar-refractivity contribution in [3.63, 3.8) is 0 Å². The summed E-state index contributed by atoms with van der Waals surface area (Å²) >= 11 is 0. The molecule has 0 saturated carbocycles. The zero-order valence-electron chi connectivity index (χ0n) is 17.4. The molecule has 2 aliphatic heterocycles. The van der Waals surface area contributed by atoms with Gasteiger partial charge in [0, 0.05) is 16.7 Å². The van der Waals surface area contributed by atoms with Gasteiger partial charge < -0.3 is 19.3 Å². The number of carbonyl (C=O) groups is 1. The van der Waals surface area contributed by atoms with Crippen molar-refractivity contribution in [2.24, 2.45) is 0 Å². The van der Waals surface area contributed by atoms with Crippen LogP contribution in [-0.2, 0) is 0 Å². The van der Waals surface area contributed by atoms with Crippen LogP contribution in [0.25, 0.3) is 11.1 Å². The monoisotopic (exact) mass is 414 g/mol. The Bertz CT molecular complexity index is 1110. The van der Waals surface area contributed by atoms with Crippen LogP contribution in [0.2, 0.25) is 0 Å². The second-order valence-corrected chi connectivity index (χ2v) is 8.68. The summed E-state index contributed by atoms with van der Waals surface area (Å²) in [5, 5.41) is 0. The first-order valence-corrected chi connectivity index (χ1v) is 11.1. The predicted octanol–water partition coefficient (Wildman–Crippen LogP) is 1.15. The van der Waals surface area contributed by atoms with Crippen LogP contribution in [0.3, 0.4) is 0 Å². The van der Waals surface area contributed by atoms with E-state index in [4.69, 9.17) is 9.47 Å². The number of fused-ring (bicyclic) bond motifs is 4. The molecular formula is C26H26N2O3+2. The Morgan fingerprint density at radius 3 is 2.16 bits per heavy atom. The first kappa shape index (κ1) is 18.6. The Morgan fingerprint density at radius 1 is 0.806 bits per heavy atom. The van der Waals surface area contributed by atoms with Crippen molar-refractivity contribution in [1.29, 1.82) is 0 Å². The van der Waals surface area contributed by atoms with Crippen molar-refractivity contribution in [1.82, 2.24) is 0 Å². The molecule has 2 N–H and O–H groups in total. The number of nitrogens with one attached hydrogen (secondary N) is 2. The largest absolute Gasteiger partial charge is 0.454 e. The minimum Gasteiger partial charge on any atom is -0.454 e. The van der Waals surface area contributed by atoms with Crippen molar-refractivity contribution < 1.29 is 24.1 Å². The van der Waals surface area contributed by atoms with Gasteiger partial charge in [-0.05, 0) is 29.3 Å². The number of ether oxygens (including phenoxy) is 2. The molecule has 0 unspecified atom stereocenters. The van der Waals surface area contributed by atoms with Crippen molar-refractivity contribution in [3.8, 4) is 22.6 Å². The van der Waals surface area contributed by atoms with Crippen LogP contribution in [0, 0.1) is 0 Å². The molecule has 3 aliphatic rings. The molecule has 0 spiro atoms. The number of rotatable bonds is 4. The summed E-state index contributed by atoms with van der Waals surface area (Å²) in [6.07, 6.45) is 0. The molecule has 0 bridgehead atoms. The van der Waals surface area contributed by atoms with E-state index in [1.807, 2.05) is 18.2 Å². The third-order valence-corrected chi connectivity index (χ3v) is 6.95. The number of piperazine rings is 1. The van der Waals surface area contributed by atoms with Crippen molar-refractivity contribution in [2.75, 3.05) is 39.5 Å². The van der Waals surface area contributed by atoms with E-state index in [0.717, 1.165) is 31.9 Å². The average Bonchev–Trinajstić information content (AvgIpc) is 3.42. The highest BCUT2D eigenvalue weighted by molar-refractivity contribution is 5.97. The van der Waals surface area contributed by atoms with E-state index < -0.39 is 0 Å². The SMILES string of the molecule is O=C(C[NH+]1CC[NH+](C2c3ccccc3-c3ccccc32)CC1)c1ccc2c(c1)OCO2. The molecule has 1 saturated heterocycles. The normalized spacial score (nSPS) is 21.5. The van der Waals surface area contributed by atoms with Crippen molar-refractivity contribution in [2.45, 2.75) is 6.04 Å². The van der Waals surface area contributed by atoms with Crippen LogP contribution >= 0.6 is 0 Å². The molecule has 3 aromatic rings. The van der Waals surface area contributed by atoms with E-state index in [-0.39, 0.29) is 12.6 Å². The molecular weight excluding hydrogens is 388 g/mol. The quantitative estimate of drug-likeness (QED) is 0.630. The second-order valence-electron chi connectivity index (χ2n) is 8.68. The Kier molecular flexibility index (Phi) is 4.51. The maximum atomic E-state index is 12.9. The van der Waals surface area contributed by atoms with Gasteiger partial charge in [-0.15, -0.1) is 0 Å². The third-order valence-electron chi connectivity index (χ3n) is 6.95. The smallest absolute Gasteiger partial charge is 0.231 e. The highest BCUT2D eigenvalue weighted by Gasteiger charge is 2.38. The lowest BCUT2D eigenvalue weighted by Crippen LogP contribution is -3.28. The zero-order chi connectivity index (χ0) is 20.8. The molecule has 3 aromatic carbocycles. The molecule has 6 rings (SSSR count). The number of Topliss-reactive ketones (excluding diaryl/α,β-unsaturated/α-hetero) is 1. The van der Waals surface area contributed by atoms with Gasteiger partial charge in [0.1, 0.15) is 38.8 Å². The number of carbonyl (C=O) groups excluding carboxylic acids is 1. The number of hydrogen-bond acceptors (Lipinski definition) is 3. The van der Waals surface area contributed by atoms with Crippen LogP contribution in [0.1, 0.15) is 27.5 Å². The maximum absolute atomic E-state index is 12.9. The van der Waals surface area contributed by atoms with E-state index >= 15 is 0 Å². The Labute approximate surface area is 181 Å². The molecule has 0 radical (unpaired) electrons. The third kappa shape index (κ3) is 3.21. The number of benzene rings is 3. The van der Waals surface area contributed by atoms with E-state index in [1.54, 1.807) is 4.90 Å². The Balaban J connectivity index is 1.15. The van der Waals surface area contributed by atoms with E-state index in [0.29, 0.717) is 23.9 Å². The van der Waals surface area contributed by atoms with Crippen LogP contribution < -0.4 is 19.3 Å². The average molecular weight is 415 g/mol. The molecule has 5 heteroatoms. The zero-order valence-corrected chi connectivity index (χ0v) is 17.4. The molecule has 1 aliphatic carbocycles. The number of ketones is 1. The molecule has 156 valence electrons. The van der Waals surface area contributed by atoms with Gasteiger partial charge in [0.15, 0.2) is 11.5 Å². The Hall–Kier alpha value is -3.15. The molecule has 0 amide bonds. The number of hydrogen-bond donors (Lipinski definition) is 2.